The average molecular weight is 305 g/mol. The Labute approximate surface area is 133 Å². The van der Waals surface area contributed by atoms with Crippen LogP contribution in [0.5, 0.6) is 0 Å². The lowest BCUT2D eigenvalue weighted by Gasteiger charge is -2.48. The fraction of sp³-hybridized carbons (Fsp3) is 0.611. The number of hydrogen-bond donors (Lipinski definition) is 1. The molecule has 22 heavy (non-hydrogen) atoms. The first-order valence-electron chi connectivity index (χ1n) is 7.89. The minimum absolute atomic E-state index is 0.144. The van der Waals surface area contributed by atoms with Crippen molar-refractivity contribution in [3.05, 3.63) is 29.8 Å². The maximum Gasteiger partial charge on any atom is 0.314 e. The van der Waals surface area contributed by atoms with Crippen LogP contribution in [0.3, 0.4) is 0 Å². The SMILES string of the molecule is CC[C@@]1(O)c2ccccc2N(C)[C@@H](C)[C@@H]1C(=O)OC(C)(C)C. The summed E-state index contributed by atoms with van der Waals surface area (Å²) in [5.41, 5.74) is -0.000574. The third-order valence-corrected chi connectivity index (χ3v) is 4.56. The van der Waals surface area contributed by atoms with Gasteiger partial charge in [0.05, 0.1) is 0 Å². The summed E-state index contributed by atoms with van der Waals surface area (Å²) in [7, 11) is 1.95. The molecule has 1 N–H and O–H groups in total. The largest absolute Gasteiger partial charge is 0.460 e. The van der Waals surface area contributed by atoms with Gasteiger partial charge in [0.1, 0.15) is 17.1 Å². The Bertz CT molecular complexity index is 564. The van der Waals surface area contributed by atoms with E-state index in [1.165, 1.54) is 0 Å². The van der Waals surface area contributed by atoms with Crippen LogP contribution >= 0.6 is 0 Å². The van der Waals surface area contributed by atoms with Gasteiger partial charge in [0.2, 0.25) is 0 Å². The fourth-order valence-corrected chi connectivity index (χ4v) is 3.32. The minimum Gasteiger partial charge on any atom is -0.460 e. The van der Waals surface area contributed by atoms with E-state index in [1.54, 1.807) is 0 Å². The number of para-hydroxylation sites is 1. The Kier molecular flexibility index (Phi) is 4.26. The summed E-state index contributed by atoms with van der Waals surface area (Å²) in [4.78, 5) is 14.8. The van der Waals surface area contributed by atoms with Crippen LogP contribution in [0.2, 0.25) is 0 Å². The van der Waals surface area contributed by atoms with Gasteiger partial charge in [0, 0.05) is 24.3 Å². The lowest BCUT2D eigenvalue weighted by Crippen LogP contribution is -2.56. The number of carbonyl (C=O) groups excluding carboxylic acids is 1. The van der Waals surface area contributed by atoms with Crippen molar-refractivity contribution >= 4 is 11.7 Å². The van der Waals surface area contributed by atoms with E-state index in [9.17, 15) is 9.90 Å². The van der Waals surface area contributed by atoms with Crippen LogP contribution in [0.25, 0.3) is 0 Å². The molecule has 0 fully saturated rings. The molecule has 0 aromatic heterocycles. The van der Waals surface area contributed by atoms with Crippen LogP contribution in [0, 0.1) is 5.92 Å². The highest BCUT2D eigenvalue weighted by atomic mass is 16.6. The van der Waals surface area contributed by atoms with Gasteiger partial charge >= 0.3 is 5.97 Å². The molecular weight excluding hydrogens is 278 g/mol. The molecule has 1 aromatic carbocycles. The van der Waals surface area contributed by atoms with Crippen molar-refractivity contribution < 1.29 is 14.6 Å². The zero-order valence-corrected chi connectivity index (χ0v) is 14.4. The predicted octanol–water partition coefficient (Wildman–Crippen LogP) is 3.08. The molecule has 0 aliphatic carbocycles. The highest BCUT2D eigenvalue weighted by molar-refractivity contribution is 5.79. The number of rotatable bonds is 2. The zero-order valence-electron chi connectivity index (χ0n) is 14.4. The second kappa shape index (κ2) is 5.58. The molecule has 4 heteroatoms. The van der Waals surface area contributed by atoms with Crippen molar-refractivity contribution in [3.8, 4) is 0 Å². The maximum atomic E-state index is 12.7. The van der Waals surface area contributed by atoms with Gasteiger partial charge in [-0.15, -0.1) is 0 Å². The van der Waals surface area contributed by atoms with Crippen molar-refractivity contribution in [2.24, 2.45) is 5.92 Å². The summed E-state index contributed by atoms with van der Waals surface area (Å²) in [6, 6.07) is 7.59. The maximum absolute atomic E-state index is 12.7. The third-order valence-electron chi connectivity index (χ3n) is 4.56. The van der Waals surface area contributed by atoms with Gasteiger partial charge in [0.15, 0.2) is 0 Å². The van der Waals surface area contributed by atoms with Crippen molar-refractivity contribution in [2.45, 2.75) is 58.3 Å². The molecule has 0 amide bonds. The van der Waals surface area contributed by atoms with Crippen LogP contribution in [-0.2, 0) is 15.1 Å². The zero-order chi connectivity index (χ0) is 16.7. The molecule has 0 bridgehead atoms. The second-order valence-corrected chi connectivity index (χ2v) is 7.16. The first kappa shape index (κ1) is 16.8. The number of carbonyl (C=O) groups is 1. The number of benzene rings is 1. The van der Waals surface area contributed by atoms with E-state index >= 15 is 0 Å². The Morgan fingerprint density at radius 1 is 1.36 bits per heavy atom. The van der Waals surface area contributed by atoms with E-state index in [0.717, 1.165) is 11.3 Å². The van der Waals surface area contributed by atoms with Crippen molar-refractivity contribution in [3.63, 3.8) is 0 Å². The molecule has 2 rings (SSSR count). The molecule has 1 aromatic rings. The number of anilines is 1. The van der Waals surface area contributed by atoms with E-state index in [2.05, 4.69) is 0 Å². The molecular formula is C18H27NO3. The lowest BCUT2D eigenvalue weighted by atomic mass is 9.71. The molecule has 0 radical (unpaired) electrons. The van der Waals surface area contributed by atoms with E-state index in [0.29, 0.717) is 6.42 Å². The molecule has 4 nitrogen and oxygen atoms in total. The number of nitrogens with zero attached hydrogens (tertiary/aromatic N) is 1. The van der Waals surface area contributed by atoms with E-state index in [4.69, 9.17) is 4.74 Å². The summed E-state index contributed by atoms with van der Waals surface area (Å²) < 4.78 is 5.58. The van der Waals surface area contributed by atoms with Gasteiger partial charge in [-0.1, -0.05) is 25.1 Å². The summed E-state index contributed by atoms with van der Waals surface area (Å²) >= 11 is 0. The minimum atomic E-state index is -1.20. The standard InChI is InChI=1S/C18H27NO3/c1-7-18(21)13-10-8-9-11-14(13)19(6)12(2)15(18)16(20)22-17(3,4)5/h8-12,15,21H,7H2,1-6H3/t12-,15+,18+/m0/s1. The van der Waals surface area contributed by atoms with E-state index < -0.39 is 17.1 Å². The van der Waals surface area contributed by atoms with E-state index in [-0.39, 0.29) is 12.0 Å². The van der Waals surface area contributed by atoms with Crippen molar-refractivity contribution in [1.82, 2.24) is 0 Å². The quantitative estimate of drug-likeness (QED) is 0.853. The lowest BCUT2D eigenvalue weighted by molar-refractivity contribution is -0.173. The van der Waals surface area contributed by atoms with Crippen LogP contribution in [0.1, 0.15) is 46.6 Å². The van der Waals surface area contributed by atoms with Crippen LogP contribution < -0.4 is 4.90 Å². The van der Waals surface area contributed by atoms with Crippen molar-refractivity contribution in [2.75, 3.05) is 11.9 Å². The summed E-state index contributed by atoms with van der Waals surface area (Å²) in [5, 5.41) is 11.3. The van der Waals surface area contributed by atoms with Gasteiger partial charge in [-0.05, 0) is 40.2 Å². The predicted molar refractivity (Wildman–Crippen MR) is 87.8 cm³/mol. The number of fused-ring (bicyclic) bond motifs is 1. The topological polar surface area (TPSA) is 49.8 Å². The molecule has 3 atom stereocenters. The molecule has 0 saturated carbocycles. The number of esters is 1. The Morgan fingerprint density at radius 3 is 2.50 bits per heavy atom. The molecule has 0 saturated heterocycles. The number of aliphatic hydroxyl groups is 1. The summed E-state index contributed by atoms with van der Waals surface area (Å²) in [6.45, 7) is 9.42. The highest BCUT2D eigenvalue weighted by Gasteiger charge is 2.52. The first-order chi connectivity index (χ1) is 10.1. The Hall–Kier alpha value is -1.55. The van der Waals surface area contributed by atoms with Gasteiger partial charge in [-0.3, -0.25) is 4.79 Å². The average Bonchev–Trinajstić information content (AvgIpc) is 2.43. The molecule has 122 valence electrons. The van der Waals surface area contributed by atoms with Crippen molar-refractivity contribution in [1.29, 1.82) is 0 Å². The van der Waals surface area contributed by atoms with Gasteiger partial charge in [-0.25, -0.2) is 0 Å². The first-order valence-corrected chi connectivity index (χ1v) is 7.89. The Morgan fingerprint density at radius 2 is 1.95 bits per heavy atom. The van der Waals surface area contributed by atoms with Gasteiger partial charge < -0.3 is 14.7 Å². The monoisotopic (exact) mass is 305 g/mol. The van der Waals surface area contributed by atoms with Gasteiger partial charge in [-0.2, -0.15) is 0 Å². The van der Waals surface area contributed by atoms with Crippen LogP contribution in [0.4, 0.5) is 5.69 Å². The highest BCUT2D eigenvalue weighted by Crippen LogP contribution is 2.46. The normalized spacial score (nSPS) is 28.2. The molecule has 1 aliphatic rings. The summed E-state index contributed by atoms with van der Waals surface area (Å²) in [6.07, 6.45) is 0.464. The number of ether oxygens (including phenoxy) is 1. The molecule has 0 unspecified atom stereocenters. The Balaban J connectivity index is 2.52. The second-order valence-electron chi connectivity index (χ2n) is 7.16. The molecule has 1 aliphatic heterocycles. The van der Waals surface area contributed by atoms with Crippen LogP contribution in [0.15, 0.2) is 24.3 Å². The third kappa shape index (κ3) is 2.72. The fourth-order valence-electron chi connectivity index (χ4n) is 3.32. The smallest absolute Gasteiger partial charge is 0.314 e. The number of hydrogen-bond acceptors (Lipinski definition) is 4. The summed E-state index contributed by atoms with van der Waals surface area (Å²) in [5.74, 6) is -0.956. The molecule has 0 spiro atoms. The molecule has 1 heterocycles. The van der Waals surface area contributed by atoms with Gasteiger partial charge in [0.25, 0.3) is 0 Å². The van der Waals surface area contributed by atoms with E-state index in [1.807, 2.05) is 70.8 Å². The van der Waals surface area contributed by atoms with Crippen LogP contribution in [-0.4, -0.2) is 29.8 Å².